The molecule has 0 atom stereocenters. The smallest absolute Gasteiger partial charge is 0.132 e. The summed E-state index contributed by atoms with van der Waals surface area (Å²) < 4.78 is -0.262. The Morgan fingerprint density at radius 3 is 1.53 bits per heavy atom. The molecule has 7 heteroatoms. The monoisotopic (exact) mass is 364 g/mol. The highest BCUT2D eigenvalue weighted by atomic mass is 35.6. The zero-order chi connectivity index (χ0) is 12.6. The Labute approximate surface area is 132 Å². The number of thiophene rings is 2. The predicted octanol–water partition coefficient (Wildman–Crippen LogP) is 6.62. The lowest BCUT2D eigenvalue weighted by Gasteiger charge is -2.24. The number of halogens is 5. The van der Waals surface area contributed by atoms with E-state index in [0.29, 0.717) is 8.67 Å². The molecule has 0 unspecified atom stereocenters. The van der Waals surface area contributed by atoms with Crippen LogP contribution in [-0.4, -0.2) is 3.79 Å². The van der Waals surface area contributed by atoms with Gasteiger partial charge >= 0.3 is 0 Å². The van der Waals surface area contributed by atoms with Crippen LogP contribution in [0.5, 0.6) is 0 Å². The van der Waals surface area contributed by atoms with Crippen molar-refractivity contribution in [3.8, 4) is 0 Å². The minimum atomic E-state index is -1.49. The van der Waals surface area contributed by atoms with Gasteiger partial charge in [0, 0.05) is 0 Å². The first kappa shape index (κ1) is 14.3. The lowest BCUT2D eigenvalue weighted by molar-refractivity contribution is 0.849. The highest BCUT2D eigenvalue weighted by Crippen LogP contribution is 2.50. The van der Waals surface area contributed by atoms with Crippen LogP contribution in [0, 0.1) is 0 Å². The highest BCUT2D eigenvalue weighted by molar-refractivity contribution is 7.15. The van der Waals surface area contributed by atoms with Gasteiger partial charge < -0.3 is 0 Å². The Morgan fingerprint density at radius 1 is 0.882 bits per heavy atom. The quantitative estimate of drug-likeness (QED) is 0.524. The van der Waals surface area contributed by atoms with Crippen LogP contribution >= 0.6 is 80.7 Å². The van der Waals surface area contributed by atoms with Crippen LogP contribution in [0.3, 0.4) is 0 Å². The zero-order valence-corrected chi connectivity index (χ0v) is 13.5. The molecular weight excluding hydrogens is 362 g/mol. The minimum absolute atomic E-state index is 0.454. The van der Waals surface area contributed by atoms with Crippen LogP contribution in [0.1, 0.15) is 17.0 Å². The SMILES string of the molecule is Clc1sccc1C(c1ccsc1Cl)C(Cl)(Cl)Cl. The van der Waals surface area contributed by atoms with E-state index in [1.54, 1.807) is 0 Å². The molecule has 2 heterocycles. The van der Waals surface area contributed by atoms with Crippen molar-refractivity contribution in [3.63, 3.8) is 0 Å². The zero-order valence-electron chi connectivity index (χ0n) is 8.09. The van der Waals surface area contributed by atoms with Gasteiger partial charge in [-0.05, 0) is 34.0 Å². The summed E-state index contributed by atoms with van der Waals surface area (Å²) in [6.07, 6.45) is 0. The van der Waals surface area contributed by atoms with Gasteiger partial charge in [-0.2, -0.15) is 0 Å². The summed E-state index contributed by atoms with van der Waals surface area (Å²) in [6, 6.07) is 3.71. The first-order chi connectivity index (χ1) is 7.91. The Morgan fingerprint density at radius 2 is 1.29 bits per heavy atom. The van der Waals surface area contributed by atoms with E-state index >= 15 is 0 Å². The fourth-order valence-corrected chi connectivity index (χ4v) is 4.21. The highest BCUT2D eigenvalue weighted by Gasteiger charge is 2.38. The van der Waals surface area contributed by atoms with Crippen molar-refractivity contribution in [2.45, 2.75) is 9.71 Å². The summed E-state index contributed by atoms with van der Waals surface area (Å²) in [7, 11) is 0. The molecule has 0 saturated carbocycles. The third-order valence-electron chi connectivity index (χ3n) is 2.24. The van der Waals surface area contributed by atoms with Gasteiger partial charge in [-0.25, -0.2) is 0 Å². The van der Waals surface area contributed by atoms with Gasteiger partial charge in [0.25, 0.3) is 0 Å². The molecule has 0 aliphatic carbocycles. The number of rotatable bonds is 2. The Kier molecular flexibility index (Phi) is 4.58. The lowest BCUT2D eigenvalue weighted by Crippen LogP contribution is -2.18. The second-order valence-electron chi connectivity index (χ2n) is 3.27. The normalized spacial score (nSPS) is 12.4. The van der Waals surface area contributed by atoms with E-state index in [-0.39, 0.29) is 0 Å². The summed E-state index contributed by atoms with van der Waals surface area (Å²) >= 11 is 33.2. The second kappa shape index (κ2) is 5.46. The average molecular weight is 367 g/mol. The van der Waals surface area contributed by atoms with Crippen LogP contribution in [0.25, 0.3) is 0 Å². The molecule has 0 fully saturated rings. The molecule has 0 spiro atoms. The third kappa shape index (κ3) is 3.06. The maximum absolute atomic E-state index is 6.11. The van der Waals surface area contributed by atoms with Gasteiger partial charge in [0.15, 0.2) is 0 Å². The lowest BCUT2D eigenvalue weighted by atomic mass is 9.97. The van der Waals surface area contributed by atoms with E-state index in [9.17, 15) is 0 Å². The first-order valence-corrected chi connectivity index (χ1v) is 8.08. The molecule has 17 heavy (non-hydrogen) atoms. The fourth-order valence-electron chi connectivity index (χ4n) is 1.54. The van der Waals surface area contributed by atoms with Crippen molar-refractivity contribution in [1.29, 1.82) is 0 Å². The second-order valence-corrected chi connectivity index (χ2v) is 8.68. The van der Waals surface area contributed by atoms with E-state index < -0.39 is 9.71 Å². The summed E-state index contributed by atoms with van der Waals surface area (Å²) in [6.45, 7) is 0. The molecule has 0 aromatic carbocycles. The standard InChI is InChI=1S/C10H5Cl5S2/c11-8-5(1-3-16-8)7(10(13,14)15)6-2-4-17-9(6)12/h1-4,7H. The van der Waals surface area contributed by atoms with Crippen molar-refractivity contribution in [2.24, 2.45) is 0 Å². The maximum atomic E-state index is 6.11. The molecule has 0 N–H and O–H groups in total. The van der Waals surface area contributed by atoms with E-state index in [1.807, 2.05) is 22.9 Å². The van der Waals surface area contributed by atoms with Crippen LogP contribution in [0.4, 0.5) is 0 Å². The van der Waals surface area contributed by atoms with Crippen molar-refractivity contribution < 1.29 is 0 Å². The number of alkyl halides is 3. The largest absolute Gasteiger partial charge is 0.201 e. The van der Waals surface area contributed by atoms with E-state index in [2.05, 4.69) is 0 Å². The number of hydrogen-bond acceptors (Lipinski definition) is 2. The molecule has 0 aliphatic heterocycles. The fraction of sp³-hybridized carbons (Fsp3) is 0.200. The topological polar surface area (TPSA) is 0 Å². The summed E-state index contributed by atoms with van der Waals surface area (Å²) in [5.74, 6) is -0.454. The Bertz CT molecular complexity index is 470. The van der Waals surface area contributed by atoms with Crippen molar-refractivity contribution in [2.75, 3.05) is 0 Å². The van der Waals surface area contributed by atoms with Gasteiger partial charge in [0.1, 0.15) is 0 Å². The van der Waals surface area contributed by atoms with Crippen molar-refractivity contribution >= 4 is 80.7 Å². The maximum Gasteiger partial charge on any atom is 0.201 e. The molecule has 2 rings (SSSR count). The van der Waals surface area contributed by atoms with Crippen LogP contribution < -0.4 is 0 Å². The minimum Gasteiger partial charge on any atom is -0.132 e. The Balaban J connectivity index is 2.55. The number of hydrogen-bond donors (Lipinski definition) is 0. The molecule has 0 nitrogen and oxygen atoms in total. The van der Waals surface area contributed by atoms with E-state index in [4.69, 9.17) is 58.0 Å². The van der Waals surface area contributed by atoms with Gasteiger partial charge in [0.05, 0.1) is 14.6 Å². The van der Waals surface area contributed by atoms with Crippen LogP contribution in [0.2, 0.25) is 8.67 Å². The van der Waals surface area contributed by atoms with Crippen molar-refractivity contribution in [1.82, 2.24) is 0 Å². The molecule has 2 aromatic rings. The van der Waals surface area contributed by atoms with Crippen molar-refractivity contribution in [3.05, 3.63) is 42.7 Å². The third-order valence-corrected chi connectivity index (χ3v) is 5.30. The summed E-state index contributed by atoms with van der Waals surface area (Å²) in [5, 5.41) is 3.72. The van der Waals surface area contributed by atoms with Gasteiger partial charge in [0.2, 0.25) is 3.79 Å². The molecule has 92 valence electrons. The predicted molar refractivity (Wildman–Crippen MR) is 80.8 cm³/mol. The summed E-state index contributed by atoms with van der Waals surface area (Å²) in [4.78, 5) is 0. The van der Waals surface area contributed by atoms with Gasteiger partial charge in [-0.1, -0.05) is 58.0 Å². The van der Waals surface area contributed by atoms with Gasteiger partial charge in [-0.3, -0.25) is 0 Å². The van der Waals surface area contributed by atoms with Crippen LogP contribution in [0.15, 0.2) is 22.9 Å². The van der Waals surface area contributed by atoms with E-state index in [1.165, 1.54) is 22.7 Å². The Hall–Kier alpha value is 0.850. The molecule has 0 radical (unpaired) electrons. The molecule has 0 bridgehead atoms. The summed E-state index contributed by atoms with van der Waals surface area (Å²) in [5.41, 5.74) is 1.58. The van der Waals surface area contributed by atoms with Crippen LogP contribution in [-0.2, 0) is 0 Å². The van der Waals surface area contributed by atoms with E-state index in [0.717, 1.165) is 11.1 Å². The van der Waals surface area contributed by atoms with Gasteiger partial charge in [-0.15, -0.1) is 22.7 Å². The molecule has 0 aliphatic rings. The first-order valence-electron chi connectivity index (χ1n) is 4.43. The molecule has 0 saturated heterocycles. The molecule has 2 aromatic heterocycles. The molecule has 0 amide bonds. The molecular formula is C10H5Cl5S2. The average Bonchev–Trinajstić information content (AvgIpc) is 2.77.